The predicted molar refractivity (Wildman–Crippen MR) is 84.7 cm³/mol. The molecule has 116 valence electrons. The van der Waals surface area contributed by atoms with Crippen molar-refractivity contribution in [2.24, 2.45) is 0 Å². The van der Waals surface area contributed by atoms with E-state index in [2.05, 4.69) is 17.2 Å². The van der Waals surface area contributed by atoms with Gasteiger partial charge in [-0.05, 0) is 37.5 Å². The van der Waals surface area contributed by atoms with E-state index >= 15 is 0 Å². The number of rotatable bonds is 8. The average molecular weight is 292 g/mol. The second kappa shape index (κ2) is 9.02. The molecule has 1 unspecified atom stereocenters. The fraction of sp³-hybridized carbons (Fsp3) is 0.438. The number of carbonyl (C=O) groups excluding carboxylic acids is 1. The Labute approximate surface area is 126 Å². The lowest BCUT2D eigenvalue weighted by Crippen LogP contribution is -2.38. The van der Waals surface area contributed by atoms with E-state index in [-0.39, 0.29) is 18.7 Å². The topological polar surface area (TPSA) is 70.6 Å². The fourth-order valence-corrected chi connectivity index (χ4v) is 1.76. The first kappa shape index (κ1) is 17.0. The molecule has 0 aromatic heterocycles. The van der Waals surface area contributed by atoms with E-state index in [1.54, 1.807) is 12.1 Å². The van der Waals surface area contributed by atoms with Gasteiger partial charge in [-0.25, -0.2) is 4.79 Å². The number of amides is 2. The summed E-state index contributed by atoms with van der Waals surface area (Å²) in [5.41, 5.74) is 1.59. The third-order valence-electron chi connectivity index (χ3n) is 2.88. The molecule has 3 N–H and O–H groups in total. The second-order valence-corrected chi connectivity index (χ2v) is 4.99. The molecule has 0 aliphatic carbocycles. The molecule has 1 atom stereocenters. The predicted octanol–water partition coefficient (Wildman–Crippen LogP) is 2.92. The number of hydrogen-bond acceptors (Lipinski definition) is 3. The van der Waals surface area contributed by atoms with E-state index in [0.717, 1.165) is 12.0 Å². The largest absolute Gasteiger partial charge is 0.489 e. The van der Waals surface area contributed by atoms with Crippen LogP contribution in [0.25, 0.3) is 0 Å². The van der Waals surface area contributed by atoms with Gasteiger partial charge in [0.15, 0.2) is 0 Å². The third-order valence-corrected chi connectivity index (χ3v) is 2.88. The Hall–Kier alpha value is -2.01. The van der Waals surface area contributed by atoms with E-state index in [9.17, 15) is 4.79 Å². The quantitative estimate of drug-likeness (QED) is 0.645. The van der Waals surface area contributed by atoms with Gasteiger partial charge in [-0.1, -0.05) is 19.6 Å². The lowest BCUT2D eigenvalue weighted by Gasteiger charge is -2.16. The molecule has 5 heteroatoms. The Kier molecular flexibility index (Phi) is 7.32. The zero-order chi connectivity index (χ0) is 15.7. The van der Waals surface area contributed by atoms with Crippen LogP contribution in [-0.4, -0.2) is 30.4 Å². The number of nitrogens with one attached hydrogen (secondary N) is 2. The summed E-state index contributed by atoms with van der Waals surface area (Å²) in [5, 5.41) is 14.5. The number of carbonyl (C=O) groups is 1. The molecule has 0 bridgehead atoms. The first-order valence-corrected chi connectivity index (χ1v) is 7.10. The lowest BCUT2D eigenvalue weighted by atomic mass is 10.2. The maximum atomic E-state index is 11.9. The van der Waals surface area contributed by atoms with Crippen LogP contribution in [-0.2, 0) is 0 Å². The molecule has 0 aliphatic heterocycles. The molecule has 0 spiro atoms. The lowest BCUT2D eigenvalue weighted by molar-refractivity contribution is 0.237. The van der Waals surface area contributed by atoms with E-state index in [0.29, 0.717) is 24.5 Å². The van der Waals surface area contributed by atoms with E-state index in [1.165, 1.54) is 0 Å². The molecular formula is C16H24N2O3. The van der Waals surface area contributed by atoms with Crippen LogP contribution in [0.5, 0.6) is 5.75 Å². The standard InChI is InChI=1S/C16H24N2O3/c1-4-13(8-9-19)17-16(20)18-14-6-5-7-15(10-14)21-11-12(2)3/h5-7,10,13,19H,2,4,8-9,11H2,1,3H3,(H2,17,18,20). The molecule has 5 nitrogen and oxygen atoms in total. The fourth-order valence-electron chi connectivity index (χ4n) is 1.76. The van der Waals surface area contributed by atoms with Crippen molar-refractivity contribution in [3.8, 4) is 5.75 Å². The van der Waals surface area contributed by atoms with Crippen molar-refractivity contribution >= 4 is 11.7 Å². The van der Waals surface area contributed by atoms with Gasteiger partial charge in [0, 0.05) is 24.4 Å². The minimum atomic E-state index is -0.285. The normalized spacial score (nSPS) is 11.6. The maximum absolute atomic E-state index is 11.9. The first-order valence-electron chi connectivity index (χ1n) is 7.10. The number of aliphatic hydroxyl groups is 1. The van der Waals surface area contributed by atoms with Crippen LogP contribution in [0, 0.1) is 0 Å². The second-order valence-electron chi connectivity index (χ2n) is 4.99. The highest BCUT2D eigenvalue weighted by atomic mass is 16.5. The van der Waals surface area contributed by atoms with Crippen LogP contribution >= 0.6 is 0 Å². The summed E-state index contributed by atoms with van der Waals surface area (Å²) in [6.45, 7) is 8.14. The molecule has 2 amide bonds. The van der Waals surface area contributed by atoms with Crippen molar-refractivity contribution in [1.82, 2.24) is 5.32 Å². The van der Waals surface area contributed by atoms with Gasteiger partial charge in [0.1, 0.15) is 12.4 Å². The van der Waals surface area contributed by atoms with E-state index < -0.39 is 0 Å². The summed E-state index contributed by atoms with van der Waals surface area (Å²) >= 11 is 0. The molecular weight excluding hydrogens is 268 g/mol. The monoisotopic (exact) mass is 292 g/mol. The van der Waals surface area contributed by atoms with Crippen LogP contribution < -0.4 is 15.4 Å². The van der Waals surface area contributed by atoms with Crippen molar-refractivity contribution in [2.75, 3.05) is 18.5 Å². The summed E-state index contributed by atoms with van der Waals surface area (Å²) < 4.78 is 5.53. The van der Waals surface area contributed by atoms with Crippen LogP contribution in [0.15, 0.2) is 36.4 Å². The molecule has 1 rings (SSSR count). The Balaban J connectivity index is 2.55. The zero-order valence-electron chi connectivity index (χ0n) is 12.7. The molecule has 1 aromatic rings. The van der Waals surface area contributed by atoms with Crippen LogP contribution in [0.3, 0.4) is 0 Å². The van der Waals surface area contributed by atoms with Gasteiger partial charge < -0.3 is 20.5 Å². The molecule has 0 fully saturated rings. The Morgan fingerprint density at radius 2 is 2.24 bits per heavy atom. The summed E-state index contributed by atoms with van der Waals surface area (Å²) in [6, 6.07) is 6.88. The number of anilines is 1. The van der Waals surface area contributed by atoms with Crippen molar-refractivity contribution in [1.29, 1.82) is 0 Å². The van der Waals surface area contributed by atoms with Crippen molar-refractivity contribution in [3.63, 3.8) is 0 Å². The van der Waals surface area contributed by atoms with Gasteiger partial charge >= 0.3 is 6.03 Å². The van der Waals surface area contributed by atoms with Gasteiger partial charge in [0.2, 0.25) is 0 Å². The van der Waals surface area contributed by atoms with Crippen LogP contribution in [0.1, 0.15) is 26.7 Å². The highest BCUT2D eigenvalue weighted by Gasteiger charge is 2.10. The highest BCUT2D eigenvalue weighted by molar-refractivity contribution is 5.89. The summed E-state index contributed by atoms with van der Waals surface area (Å²) in [6.07, 6.45) is 1.32. The van der Waals surface area contributed by atoms with Gasteiger partial charge in [0.25, 0.3) is 0 Å². The van der Waals surface area contributed by atoms with E-state index in [1.807, 2.05) is 26.0 Å². The number of benzene rings is 1. The zero-order valence-corrected chi connectivity index (χ0v) is 12.7. The van der Waals surface area contributed by atoms with Gasteiger partial charge in [-0.2, -0.15) is 0 Å². The van der Waals surface area contributed by atoms with E-state index in [4.69, 9.17) is 9.84 Å². The minimum Gasteiger partial charge on any atom is -0.489 e. The molecule has 0 radical (unpaired) electrons. The maximum Gasteiger partial charge on any atom is 0.319 e. The van der Waals surface area contributed by atoms with Gasteiger partial charge in [-0.3, -0.25) is 0 Å². The summed E-state index contributed by atoms with van der Waals surface area (Å²) in [4.78, 5) is 11.9. The Bertz CT molecular complexity index is 474. The Morgan fingerprint density at radius 1 is 1.48 bits per heavy atom. The Morgan fingerprint density at radius 3 is 2.86 bits per heavy atom. The van der Waals surface area contributed by atoms with Crippen LogP contribution in [0.2, 0.25) is 0 Å². The number of hydrogen-bond donors (Lipinski definition) is 3. The van der Waals surface area contributed by atoms with Crippen molar-refractivity contribution < 1.29 is 14.6 Å². The number of aliphatic hydroxyl groups excluding tert-OH is 1. The van der Waals surface area contributed by atoms with Crippen molar-refractivity contribution in [3.05, 3.63) is 36.4 Å². The molecule has 0 saturated carbocycles. The van der Waals surface area contributed by atoms with Gasteiger partial charge in [0.05, 0.1) is 0 Å². The van der Waals surface area contributed by atoms with Crippen LogP contribution in [0.4, 0.5) is 10.5 Å². The molecule has 0 heterocycles. The average Bonchev–Trinajstić information content (AvgIpc) is 2.45. The highest BCUT2D eigenvalue weighted by Crippen LogP contribution is 2.17. The van der Waals surface area contributed by atoms with Crippen molar-refractivity contribution in [2.45, 2.75) is 32.7 Å². The smallest absolute Gasteiger partial charge is 0.319 e. The summed E-state index contributed by atoms with van der Waals surface area (Å²) in [5.74, 6) is 0.679. The molecule has 1 aromatic carbocycles. The SMILES string of the molecule is C=C(C)COc1cccc(NC(=O)NC(CC)CCO)c1. The number of urea groups is 1. The molecule has 0 aliphatic rings. The third kappa shape index (κ3) is 6.81. The first-order chi connectivity index (χ1) is 10.0. The summed E-state index contributed by atoms with van der Waals surface area (Å²) in [7, 11) is 0. The van der Waals surface area contributed by atoms with Gasteiger partial charge in [-0.15, -0.1) is 0 Å². The number of ether oxygens (including phenoxy) is 1. The molecule has 21 heavy (non-hydrogen) atoms. The molecule has 0 saturated heterocycles. The minimum absolute atomic E-state index is 0.0298.